The van der Waals surface area contributed by atoms with E-state index in [2.05, 4.69) is 6.92 Å². The molecular weight excluding hydrogens is 430 g/mol. The molecule has 0 bridgehead atoms. The molecule has 6 nitrogen and oxygen atoms in total. The van der Waals surface area contributed by atoms with E-state index in [4.69, 9.17) is 14.2 Å². The van der Waals surface area contributed by atoms with Crippen molar-refractivity contribution in [2.75, 3.05) is 33.9 Å². The Morgan fingerprint density at radius 2 is 1.85 bits per heavy atom. The Morgan fingerprint density at radius 3 is 2.56 bits per heavy atom. The van der Waals surface area contributed by atoms with Gasteiger partial charge in [-0.25, -0.2) is 0 Å². The van der Waals surface area contributed by atoms with Crippen molar-refractivity contribution in [3.8, 4) is 11.5 Å². The zero-order chi connectivity index (χ0) is 24.3. The number of benzene rings is 2. The van der Waals surface area contributed by atoms with Crippen molar-refractivity contribution >= 4 is 23.5 Å². The summed E-state index contributed by atoms with van der Waals surface area (Å²) in [4.78, 5) is 27.5. The van der Waals surface area contributed by atoms with Gasteiger partial charge >= 0.3 is 5.97 Å². The van der Waals surface area contributed by atoms with Crippen LogP contribution >= 0.6 is 0 Å². The van der Waals surface area contributed by atoms with E-state index in [-0.39, 0.29) is 17.8 Å². The Balaban J connectivity index is 1.88. The van der Waals surface area contributed by atoms with Crippen LogP contribution in [0.3, 0.4) is 0 Å². The predicted octanol–water partition coefficient (Wildman–Crippen LogP) is 5.22. The van der Waals surface area contributed by atoms with Crippen LogP contribution in [0.5, 0.6) is 11.5 Å². The normalized spacial score (nSPS) is 16.1. The number of amides is 1. The van der Waals surface area contributed by atoms with Gasteiger partial charge in [0.25, 0.3) is 5.91 Å². The van der Waals surface area contributed by atoms with Gasteiger partial charge in [0.1, 0.15) is 0 Å². The average molecular weight is 466 g/mol. The summed E-state index contributed by atoms with van der Waals surface area (Å²) in [6, 6.07) is 15.3. The number of carbonyl (C=O) groups is 2. The highest BCUT2D eigenvalue weighted by Crippen LogP contribution is 2.31. The van der Waals surface area contributed by atoms with E-state index < -0.39 is 0 Å². The van der Waals surface area contributed by atoms with E-state index in [0.717, 1.165) is 43.2 Å². The summed E-state index contributed by atoms with van der Waals surface area (Å²) in [5.74, 6) is 0.679. The molecule has 2 aromatic carbocycles. The molecule has 2 aromatic rings. The zero-order valence-corrected chi connectivity index (χ0v) is 20.4. The zero-order valence-electron chi connectivity index (χ0n) is 20.4. The first-order valence-corrected chi connectivity index (χ1v) is 12.0. The smallest absolute Gasteiger partial charge is 0.310 e. The highest BCUT2D eigenvalue weighted by molar-refractivity contribution is 6.24. The molecule has 1 amide bonds. The van der Waals surface area contributed by atoms with E-state index in [1.807, 2.05) is 54.6 Å². The van der Waals surface area contributed by atoms with Crippen LogP contribution in [-0.4, -0.2) is 50.7 Å². The lowest BCUT2D eigenvalue weighted by atomic mass is 9.95. The lowest BCUT2D eigenvalue weighted by molar-refractivity contribution is -0.148. The van der Waals surface area contributed by atoms with Crippen LogP contribution in [-0.2, 0) is 14.3 Å². The third-order valence-electron chi connectivity index (χ3n) is 6.06. The van der Waals surface area contributed by atoms with Gasteiger partial charge in [-0.2, -0.15) is 0 Å². The number of hydrogen-bond acceptors (Lipinski definition) is 5. The lowest BCUT2D eigenvalue weighted by Gasteiger charge is -2.32. The summed E-state index contributed by atoms with van der Waals surface area (Å²) in [5.41, 5.74) is 2.24. The van der Waals surface area contributed by atoms with Gasteiger partial charge < -0.3 is 19.1 Å². The predicted molar refractivity (Wildman–Crippen MR) is 134 cm³/mol. The molecule has 1 aliphatic heterocycles. The molecule has 1 heterocycles. The Morgan fingerprint density at radius 1 is 1.06 bits per heavy atom. The number of unbranched alkanes of at least 4 members (excludes halogenated alkanes) is 2. The fraction of sp³-hybridized carbons (Fsp3) is 0.429. The number of rotatable bonds is 10. The molecule has 1 fully saturated rings. The van der Waals surface area contributed by atoms with Gasteiger partial charge in [-0.05, 0) is 48.6 Å². The van der Waals surface area contributed by atoms with E-state index in [9.17, 15) is 9.59 Å². The fourth-order valence-corrected chi connectivity index (χ4v) is 4.17. The van der Waals surface area contributed by atoms with E-state index in [1.54, 1.807) is 12.0 Å². The molecule has 182 valence electrons. The van der Waals surface area contributed by atoms with Crippen molar-refractivity contribution in [2.24, 2.45) is 5.92 Å². The third kappa shape index (κ3) is 6.62. The highest BCUT2D eigenvalue weighted by Gasteiger charge is 2.30. The molecule has 0 spiro atoms. The maximum Gasteiger partial charge on any atom is 0.310 e. The Hall–Kier alpha value is -3.28. The van der Waals surface area contributed by atoms with Crippen molar-refractivity contribution < 1.29 is 23.8 Å². The molecule has 1 aliphatic rings. The summed E-state index contributed by atoms with van der Waals surface area (Å²) >= 11 is 0. The fourth-order valence-electron chi connectivity index (χ4n) is 4.17. The quantitative estimate of drug-likeness (QED) is 0.208. The number of ether oxygens (including phenoxy) is 3. The summed E-state index contributed by atoms with van der Waals surface area (Å²) < 4.78 is 16.4. The summed E-state index contributed by atoms with van der Waals surface area (Å²) in [7, 11) is 3.01. The van der Waals surface area contributed by atoms with Crippen LogP contribution in [0.15, 0.2) is 48.5 Å². The van der Waals surface area contributed by atoms with Crippen LogP contribution in [0.1, 0.15) is 50.2 Å². The van der Waals surface area contributed by atoms with Gasteiger partial charge in [0.15, 0.2) is 11.5 Å². The number of esters is 1. The lowest BCUT2D eigenvalue weighted by Crippen LogP contribution is -2.43. The maximum absolute atomic E-state index is 13.6. The van der Waals surface area contributed by atoms with Crippen molar-refractivity contribution in [3.05, 3.63) is 59.7 Å². The highest BCUT2D eigenvalue weighted by atomic mass is 16.5. The first kappa shape index (κ1) is 25.3. The number of carbonyl (C=O) groups excluding carboxylic acids is 2. The number of piperidine rings is 1. The molecule has 0 saturated carbocycles. The Kier molecular flexibility index (Phi) is 9.56. The minimum absolute atomic E-state index is 0.0985. The van der Waals surface area contributed by atoms with Crippen LogP contribution in [0.2, 0.25) is 0 Å². The van der Waals surface area contributed by atoms with Gasteiger partial charge in [0.05, 0.1) is 26.7 Å². The molecule has 1 saturated heterocycles. The molecule has 3 rings (SSSR count). The van der Waals surface area contributed by atoms with Crippen LogP contribution < -0.4 is 9.47 Å². The van der Waals surface area contributed by atoms with Crippen molar-refractivity contribution in [1.82, 2.24) is 4.90 Å². The van der Waals surface area contributed by atoms with Gasteiger partial charge in [-0.1, -0.05) is 56.2 Å². The second-order valence-corrected chi connectivity index (χ2v) is 8.50. The third-order valence-corrected chi connectivity index (χ3v) is 6.06. The van der Waals surface area contributed by atoms with E-state index in [1.165, 1.54) is 7.11 Å². The van der Waals surface area contributed by atoms with Crippen molar-refractivity contribution in [3.63, 3.8) is 0 Å². The molecule has 0 radical (unpaired) electrons. The van der Waals surface area contributed by atoms with Crippen LogP contribution in [0.25, 0.3) is 11.6 Å². The minimum Gasteiger partial charge on any atom is -0.493 e. The Labute approximate surface area is 202 Å². The monoisotopic (exact) mass is 465 g/mol. The second-order valence-electron chi connectivity index (χ2n) is 8.50. The minimum atomic E-state index is -0.288. The topological polar surface area (TPSA) is 65.1 Å². The van der Waals surface area contributed by atoms with Crippen molar-refractivity contribution in [1.29, 1.82) is 0 Å². The standard InChI is InChI=1S/C28H35NO5/c1-4-5-9-17-34-25-15-14-21(19-26(25)32-2)18-24(22-11-7-6-8-12-22)27(30)29-16-10-13-23(20-29)28(31)33-3/h6-8,11-12,14-15,18-19,23H,4-5,9-10,13,16-17,20H2,1-3H3/b24-18+. The first-order valence-electron chi connectivity index (χ1n) is 12.0. The van der Waals surface area contributed by atoms with Gasteiger partial charge in [0, 0.05) is 18.7 Å². The van der Waals surface area contributed by atoms with E-state index >= 15 is 0 Å². The second kappa shape index (κ2) is 12.8. The molecule has 0 N–H and O–H groups in total. The summed E-state index contributed by atoms with van der Waals surface area (Å²) in [6.07, 6.45) is 6.64. The van der Waals surface area contributed by atoms with Gasteiger partial charge in [0.2, 0.25) is 0 Å². The molecule has 1 atom stereocenters. The Bertz CT molecular complexity index is 986. The number of nitrogens with zero attached hydrogens (tertiary/aromatic N) is 1. The van der Waals surface area contributed by atoms with Crippen LogP contribution in [0, 0.1) is 5.92 Å². The molecule has 0 aliphatic carbocycles. The molecule has 6 heteroatoms. The first-order chi connectivity index (χ1) is 16.6. The summed E-state index contributed by atoms with van der Waals surface area (Å²) in [6.45, 7) is 3.78. The number of likely N-dealkylation sites (tertiary alicyclic amines) is 1. The number of hydrogen-bond donors (Lipinski definition) is 0. The SMILES string of the molecule is CCCCCOc1ccc(/C=C(/C(=O)N2CCCC(C(=O)OC)C2)c2ccccc2)cc1OC. The molecule has 1 unspecified atom stereocenters. The average Bonchev–Trinajstić information content (AvgIpc) is 2.89. The molecule has 34 heavy (non-hydrogen) atoms. The maximum atomic E-state index is 13.6. The largest absolute Gasteiger partial charge is 0.493 e. The van der Waals surface area contributed by atoms with Crippen molar-refractivity contribution in [2.45, 2.75) is 39.0 Å². The summed E-state index contributed by atoms with van der Waals surface area (Å²) in [5, 5.41) is 0. The van der Waals surface area contributed by atoms with E-state index in [0.29, 0.717) is 36.8 Å². The van der Waals surface area contributed by atoms with Crippen LogP contribution in [0.4, 0.5) is 0 Å². The molecule has 0 aromatic heterocycles. The molecular formula is C28H35NO5. The number of methoxy groups -OCH3 is 2. The van der Waals surface area contributed by atoms with Gasteiger partial charge in [-0.15, -0.1) is 0 Å². The van der Waals surface area contributed by atoms with Gasteiger partial charge in [-0.3, -0.25) is 9.59 Å².